The van der Waals surface area contributed by atoms with Crippen molar-refractivity contribution < 1.29 is 14.9 Å². The van der Waals surface area contributed by atoms with Crippen molar-refractivity contribution in [3.63, 3.8) is 0 Å². The quantitative estimate of drug-likeness (QED) is 0.802. The lowest BCUT2D eigenvalue weighted by Gasteiger charge is -2.21. The van der Waals surface area contributed by atoms with E-state index in [1.54, 1.807) is 6.20 Å². The van der Waals surface area contributed by atoms with Gasteiger partial charge in [-0.3, -0.25) is 4.57 Å². The Morgan fingerprint density at radius 2 is 2.14 bits per heavy atom. The van der Waals surface area contributed by atoms with Crippen LogP contribution in [0.5, 0.6) is 0 Å². The van der Waals surface area contributed by atoms with E-state index < -0.39 is 18.4 Å². The van der Waals surface area contributed by atoms with Crippen molar-refractivity contribution in [2.24, 2.45) is 0 Å². The topological polar surface area (TPSA) is 87.8 Å². The second-order valence-corrected chi connectivity index (χ2v) is 5.75. The van der Waals surface area contributed by atoms with Crippen molar-refractivity contribution in [2.45, 2.75) is 44.6 Å². The maximum atomic E-state index is 12.2. The average molecular weight is 295 g/mol. The number of aromatic nitrogens is 2. The molecule has 0 amide bonds. The number of ether oxygens (including phenoxy) is 1. The summed E-state index contributed by atoms with van der Waals surface area (Å²) in [4.78, 5) is 18.5. The van der Waals surface area contributed by atoms with E-state index in [0.29, 0.717) is 0 Å². The zero-order valence-corrected chi connectivity index (χ0v) is 12.1. The standard InChI is InChI=1S/C14H21N3O4/c1-9-7-17(12-6-10(19)11(8-18)21-12)14(20)15-13(9)16-4-2-3-5-16/h7,10-12,18-19H,2-6,8H2,1H3/t10-,11+,12-/m1/s1. The van der Waals surface area contributed by atoms with Gasteiger partial charge in [0.25, 0.3) is 0 Å². The summed E-state index contributed by atoms with van der Waals surface area (Å²) in [7, 11) is 0. The van der Waals surface area contributed by atoms with Crippen LogP contribution in [0.15, 0.2) is 11.0 Å². The number of hydrogen-bond acceptors (Lipinski definition) is 6. The summed E-state index contributed by atoms with van der Waals surface area (Å²) in [6.45, 7) is 3.53. The van der Waals surface area contributed by atoms with Gasteiger partial charge in [0.05, 0.1) is 12.7 Å². The second kappa shape index (κ2) is 5.75. The van der Waals surface area contributed by atoms with E-state index in [4.69, 9.17) is 9.84 Å². The fraction of sp³-hybridized carbons (Fsp3) is 0.714. The summed E-state index contributed by atoms with van der Waals surface area (Å²) in [6, 6.07) is 0. The predicted octanol–water partition coefficient (Wildman–Crippen LogP) is -0.207. The Kier molecular flexibility index (Phi) is 3.97. The fourth-order valence-electron chi connectivity index (χ4n) is 3.06. The van der Waals surface area contributed by atoms with Crippen LogP contribution in [0.3, 0.4) is 0 Å². The van der Waals surface area contributed by atoms with Gasteiger partial charge in [0, 0.05) is 31.3 Å². The van der Waals surface area contributed by atoms with Crippen molar-refractivity contribution in [3.8, 4) is 0 Å². The zero-order valence-electron chi connectivity index (χ0n) is 12.1. The number of nitrogens with zero attached hydrogens (tertiary/aromatic N) is 3. The van der Waals surface area contributed by atoms with Gasteiger partial charge < -0.3 is 19.8 Å². The molecule has 1 aromatic rings. The van der Waals surface area contributed by atoms with Crippen LogP contribution in [0.2, 0.25) is 0 Å². The van der Waals surface area contributed by atoms with Gasteiger partial charge in [-0.2, -0.15) is 4.98 Å². The molecule has 1 aromatic heterocycles. The molecule has 3 atom stereocenters. The summed E-state index contributed by atoms with van der Waals surface area (Å²) >= 11 is 0. The van der Waals surface area contributed by atoms with E-state index in [0.717, 1.165) is 37.3 Å². The second-order valence-electron chi connectivity index (χ2n) is 5.75. The molecule has 2 fully saturated rings. The number of aliphatic hydroxyl groups excluding tert-OH is 2. The minimum atomic E-state index is -0.759. The minimum Gasteiger partial charge on any atom is -0.394 e. The normalized spacial score (nSPS) is 29.3. The molecule has 3 rings (SSSR count). The fourth-order valence-corrected chi connectivity index (χ4v) is 3.06. The van der Waals surface area contributed by atoms with Gasteiger partial charge in [0.1, 0.15) is 18.1 Å². The van der Waals surface area contributed by atoms with Crippen LogP contribution in [0, 0.1) is 6.92 Å². The Morgan fingerprint density at radius 1 is 1.43 bits per heavy atom. The molecule has 7 nitrogen and oxygen atoms in total. The highest BCUT2D eigenvalue weighted by Gasteiger charge is 2.35. The van der Waals surface area contributed by atoms with E-state index >= 15 is 0 Å². The van der Waals surface area contributed by atoms with Crippen molar-refractivity contribution in [1.82, 2.24) is 9.55 Å². The molecule has 2 N–H and O–H groups in total. The molecule has 0 unspecified atom stereocenters. The Bertz CT molecular complexity index is 568. The van der Waals surface area contributed by atoms with Gasteiger partial charge in [-0.15, -0.1) is 0 Å². The monoisotopic (exact) mass is 295 g/mol. The summed E-state index contributed by atoms with van der Waals surface area (Å²) in [6.07, 6.45) is 2.31. The Labute approximate surface area is 122 Å². The molecule has 7 heteroatoms. The van der Waals surface area contributed by atoms with Crippen molar-refractivity contribution >= 4 is 5.82 Å². The van der Waals surface area contributed by atoms with Gasteiger partial charge in [-0.05, 0) is 19.8 Å². The highest BCUT2D eigenvalue weighted by Crippen LogP contribution is 2.28. The number of rotatable bonds is 3. The smallest absolute Gasteiger partial charge is 0.351 e. The molecular weight excluding hydrogens is 274 g/mol. The maximum absolute atomic E-state index is 12.2. The van der Waals surface area contributed by atoms with Gasteiger partial charge in [-0.1, -0.05) is 0 Å². The Morgan fingerprint density at radius 3 is 2.76 bits per heavy atom. The van der Waals surface area contributed by atoms with Crippen LogP contribution in [0.25, 0.3) is 0 Å². The number of aliphatic hydroxyl groups is 2. The Hall–Kier alpha value is -1.44. The summed E-state index contributed by atoms with van der Waals surface area (Å²) < 4.78 is 6.93. The molecule has 2 aliphatic rings. The van der Waals surface area contributed by atoms with Crippen LogP contribution in [0.1, 0.15) is 31.1 Å². The van der Waals surface area contributed by atoms with Crippen molar-refractivity contribution in [3.05, 3.63) is 22.2 Å². The third-order valence-electron chi connectivity index (χ3n) is 4.21. The lowest BCUT2D eigenvalue weighted by Crippen LogP contribution is -2.31. The van der Waals surface area contributed by atoms with E-state index in [-0.39, 0.29) is 18.7 Å². The first-order chi connectivity index (χ1) is 10.1. The molecule has 2 aliphatic heterocycles. The molecule has 0 aromatic carbocycles. The van der Waals surface area contributed by atoms with Crippen LogP contribution < -0.4 is 10.6 Å². The van der Waals surface area contributed by atoms with E-state index in [9.17, 15) is 9.90 Å². The van der Waals surface area contributed by atoms with Crippen LogP contribution in [-0.4, -0.2) is 51.7 Å². The van der Waals surface area contributed by atoms with E-state index in [1.165, 1.54) is 4.57 Å². The lowest BCUT2D eigenvalue weighted by atomic mass is 10.2. The first-order valence-corrected chi connectivity index (χ1v) is 7.39. The van der Waals surface area contributed by atoms with Crippen LogP contribution >= 0.6 is 0 Å². The highest BCUT2D eigenvalue weighted by atomic mass is 16.5. The Balaban J connectivity index is 1.87. The molecule has 0 radical (unpaired) electrons. The molecule has 0 saturated carbocycles. The SMILES string of the molecule is Cc1cn([C@H]2C[C@@H](O)[C@H](CO)O2)c(=O)nc1N1CCCC1. The lowest BCUT2D eigenvalue weighted by molar-refractivity contribution is -0.0459. The van der Waals surface area contributed by atoms with E-state index in [2.05, 4.69) is 9.88 Å². The van der Waals surface area contributed by atoms with Crippen molar-refractivity contribution in [2.75, 3.05) is 24.6 Å². The molecule has 0 spiro atoms. The summed E-state index contributed by atoms with van der Waals surface area (Å²) in [5.41, 5.74) is 0.542. The zero-order chi connectivity index (χ0) is 15.0. The van der Waals surface area contributed by atoms with Gasteiger partial charge in [0.15, 0.2) is 0 Å². The van der Waals surface area contributed by atoms with Gasteiger partial charge >= 0.3 is 5.69 Å². The van der Waals surface area contributed by atoms with Crippen molar-refractivity contribution in [1.29, 1.82) is 0 Å². The van der Waals surface area contributed by atoms with E-state index in [1.807, 2.05) is 6.92 Å². The first-order valence-electron chi connectivity index (χ1n) is 7.39. The molecular formula is C14H21N3O4. The van der Waals surface area contributed by atoms with Crippen LogP contribution in [0.4, 0.5) is 5.82 Å². The number of anilines is 1. The number of aryl methyl sites for hydroxylation is 1. The first kappa shape index (κ1) is 14.5. The molecule has 21 heavy (non-hydrogen) atoms. The van der Waals surface area contributed by atoms with Gasteiger partial charge in [0.2, 0.25) is 0 Å². The third kappa shape index (κ3) is 2.68. The molecule has 0 aliphatic carbocycles. The molecule has 0 bridgehead atoms. The molecule has 2 saturated heterocycles. The highest BCUT2D eigenvalue weighted by molar-refractivity contribution is 5.45. The van der Waals surface area contributed by atoms with Gasteiger partial charge in [-0.25, -0.2) is 4.79 Å². The largest absolute Gasteiger partial charge is 0.394 e. The summed E-state index contributed by atoms with van der Waals surface area (Å²) in [5.74, 6) is 0.742. The molecule has 116 valence electrons. The van der Waals surface area contributed by atoms with Crippen LogP contribution in [-0.2, 0) is 4.74 Å². The molecule has 3 heterocycles. The third-order valence-corrected chi connectivity index (χ3v) is 4.21. The number of hydrogen-bond donors (Lipinski definition) is 2. The predicted molar refractivity (Wildman–Crippen MR) is 76.3 cm³/mol. The average Bonchev–Trinajstić information content (AvgIpc) is 3.10. The minimum absolute atomic E-state index is 0.259. The summed E-state index contributed by atoms with van der Waals surface area (Å²) in [5, 5.41) is 18.9. The maximum Gasteiger partial charge on any atom is 0.351 e.